The van der Waals surface area contributed by atoms with Crippen molar-refractivity contribution in [2.45, 2.75) is 38.0 Å². The summed E-state index contributed by atoms with van der Waals surface area (Å²) in [4.78, 5) is 16.7. The highest BCUT2D eigenvalue weighted by molar-refractivity contribution is 7.99. The number of aromatic nitrogens is 2. The molecular weight excluding hydrogens is 379 g/mol. The van der Waals surface area contributed by atoms with Gasteiger partial charge in [0, 0.05) is 24.7 Å². The second-order valence-corrected chi connectivity index (χ2v) is 7.63. The summed E-state index contributed by atoms with van der Waals surface area (Å²) in [6.45, 7) is 4.62. The summed E-state index contributed by atoms with van der Waals surface area (Å²) in [5.41, 5.74) is 8.74. The van der Waals surface area contributed by atoms with Crippen LogP contribution in [0, 0.1) is 12.8 Å². The Balaban J connectivity index is 0.00000156. The SMILES string of the molecule is Cc1ccc2nc(CSCC(=O)NC(C)(CN)C3CC3)cn2c1.Cl.Cl. The van der Waals surface area contributed by atoms with E-state index in [4.69, 9.17) is 5.73 Å². The molecule has 140 valence electrons. The van der Waals surface area contributed by atoms with E-state index in [9.17, 15) is 4.79 Å². The number of nitrogens with two attached hydrogens (primary N) is 1. The van der Waals surface area contributed by atoms with Crippen molar-refractivity contribution in [3.05, 3.63) is 35.8 Å². The number of aryl methyl sites for hydroxylation is 1. The Morgan fingerprint density at radius 2 is 2.12 bits per heavy atom. The summed E-state index contributed by atoms with van der Waals surface area (Å²) in [6, 6.07) is 4.07. The number of nitrogens with one attached hydrogen (secondary N) is 1. The van der Waals surface area contributed by atoms with Gasteiger partial charge >= 0.3 is 0 Å². The van der Waals surface area contributed by atoms with Crippen molar-refractivity contribution >= 4 is 48.1 Å². The minimum atomic E-state index is -0.238. The van der Waals surface area contributed by atoms with Gasteiger partial charge in [-0.25, -0.2) is 4.98 Å². The van der Waals surface area contributed by atoms with E-state index in [0.29, 0.717) is 18.2 Å². The number of thioether (sulfide) groups is 1. The Morgan fingerprint density at radius 3 is 2.76 bits per heavy atom. The molecule has 0 radical (unpaired) electrons. The Hall–Kier alpha value is -0.950. The maximum atomic E-state index is 12.1. The molecule has 25 heavy (non-hydrogen) atoms. The van der Waals surface area contributed by atoms with Crippen molar-refractivity contribution in [1.82, 2.24) is 14.7 Å². The Kier molecular flexibility index (Phi) is 8.06. The molecule has 3 N–H and O–H groups in total. The van der Waals surface area contributed by atoms with Crippen LogP contribution in [0.1, 0.15) is 31.0 Å². The second kappa shape index (κ2) is 9.12. The molecule has 1 aliphatic rings. The van der Waals surface area contributed by atoms with Crippen molar-refractivity contribution in [3.8, 4) is 0 Å². The number of hydrogen-bond acceptors (Lipinski definition) is 4. The fourth-order valence-electron chi connectivity index (χ4n) is 2.87. The van der Waals surface area contributed by atoms with Crippen molar-refractivity contribution in [2.24, 2.45) is 11.7 Å². The summed E-state index contributed by atoms with van der Waals surface area (Å²) in [5.74, 6) is 1.78. The third-order valence-electron chi connectivity index (χ3n) is 4.46. The van der Waals surface area contributed by atoms with Gasteiger partial charge in [0.25, 0.3) is 0 Å². The molecule has 0 aromatic carbocycles. The fourth-order valence-corrected chi connectivity index (χ4v) is 3.58. The van der Waals surface area contributed by atoms with Crippen molar-refractivity contribution in [3.63, 3.8) is 0 Å². The molecule has 1 amide bonds. The van der Waals surface area contributed by atoms with Gasteiger partial charge in [-0.3, -0.25) is 4.79 Å². The van der Waals surface area contributed by atoms with E-state index >= 15 is 0 Å². The van der Waals surface area contributed by atoms with Crippen LogP contribution >= 0.6 is 36.6 Å². The van der Waals surface area contributed by atoms with Crippen LogP contribution in [0.5, 0.6) is 0 Å². The van der Waals surface area contributed by atoms with Gasteiger partial charge < -0.3 is 15.5 Å². The van der Waals surface area contributed by atoms with Crippen LogP contribution < -0.4 is 11.1 Å². The zero-order chi connectivity index (χ0) is 16.4. The summed E-state index contributed by atoms with van der Waals surface area (Å²) in [5, 5.41) is 3.11. The largest absolute Gasteiger partial charge is 0.349 e. The fraction of sp³-hybridized carbons (Fsp3) is 0.529. The van der Waals surface area contributed by atoms with E-state index in [0.717, 1.165) is 17.1 Å². The zero-order valence-corrected chi connectivity index (χ0v) is 17.0. The Bertz CT molecular complexity index is 720. The van der Waals surface area contributed by atoms with Crippen LogP contribution in [-0.4, -0.2) is 33.1 Å². The van der Waals surface area contributed by atoms with Crippen LogP contribution in [0.3, 0.4) is 0 Å². The molecule has 1 saturated carbocycles. The quantitative estimate of drug-likeness (QED) is 0.743. The van der Waals surface area contributed by atoms with E-state index in [1.54, 1.807) is 11.8 Å². The molecule has 3 rings (SSSR count). The first-order valence-electron chi connectivity index (χ1n) is 8.03. The first kappa shape index (κ1) is 22.1. The highest BCUT2D eigenvalue weighted by atomic mass is 35.5. The van der Waals surface area contributed by atoms with Crippen LogP contribution in [0.25, 0.3) is 5.65 Å². The van der Waals surface area contributed by atoms with Crippen LogP contribution in [0.4, 0.5) is 0 Å². The normalized spacial score (nSPS) is 15.8. The lowest BCUT2D eigenvalue weighted by molar-refractivity contribution is -0.120. The highest BCUT2D eigenvalue weighted by Gasteiger charge is 2.41. The van der Waals surface area contributed by atoms with Gasteiger partial charge in [-0.2, -0.15) is 0 Å². The maximum absolute atomic E-state index is 12.1. The minimum Gasteiger partial charge on any atom is -0.349 e. The Morgan fingerprint density at radius 1 is 1.40 bits per heavy atom. The van der Waals surface area contributed by atoms with Gasteiger partial charge in [0.05, 0.1) is 17.0 Å². The molecule has 5 nitrogen and oxygen atoms in total. The standard InChI is InChI=1S/C17H24N4OS.2ClH/c1-12-3-6-15-19-14(8-21(15)7-12)9-23-10-16(22)20-17(2,11-18)13-4-5-13;;/h3,6-8,13H,4-5,9-11,18H2,1-2H3,(H,20,22);2*1H. The molecule has 2 aromatic rings. The zero-order valence-electron chi connectivity index (χ0n) is 14.5. The van der Waals surface area contributed by atoms with E-state index in [1.807, 2.05) is 16.7 Å². The van der Waals surface area contributed by atoms with E-state index in [-0.39, 0.29) is 36.3 Å². The highest BCUT2D eigenvalue weighted by Crippen LogP contribution is 2.38. The minimum absolute atomic E-state index is 0. The third kappa shape index (κ3) is 5.51. The lowest BCUT2D eigenvalue weighted by Crippen LogP contribution is -2.53. The van der Waals surface area contributed by atoms with E-state index < -0.39 is 0 Å². The first-order chi connectivity index (χ1) is 11.0. The summed E-state index contributed by atoms with van der Waals surface area (Å²) in [7, 11) is 0. The van der Waals surface area contributed by atoms with Crippen molar-refractivity contribution in [1.29, 1.82) is 0 Å². The third-order valence-corrected chi connectivity index (χ3v) is 5.43. The van der Waals surface area contributed by atoms with E-state index in [1.165, 1.54) is 18.4 Å². The van der Waals surface area contributed by atoms with Gasteiger partial charge in [0.1, 0.15) is 5.65 Å². The van der Waals surface area contributed by atoms with Gasteiger partial charge in [-0.1, -0.05) is 6.07 Å². The van der Waals surface area contributed by atoms with E-state index in [2.05, 4.69) is 36.4 Å². The molecule has 0 bridgehead atoms. The molecule has 0 spiro atoms. The lowest BCUT2D eigenvalue weighted by atomic mass is 9.96. The molecule has 0 aliphatic heterocycles. The summed E-state index contributed by atoms with van der Waals surface area (Å²) < 4.78 is 2.03. The number of halogens is 2. The van der Waals surface area contributed by atoms with Crippen molar-refractivity contribution < 1.29 is 4.79 Å². The number of amides is 1. The average molecular weight is 405 g/mol. The Labute approximate surface area is 165 Å². The molecule has 1 aliphatic carbocycles. The predicted molar refractivity (Wildman–Crippen MR) is 109 cm³/mol. The first-order valence-corrected chi connectivity index (χ1v) is 9.19. The van der Waals surface area contributed by atoms with Gasteiger partial charge in [0.2, 0.25) is 5.91 Å². The summed E-state index contributed by atoms with van der Waals surface area (Å²) >= 11 is 1.59. The topological polar surface area (TPSA) is 72.4 Å². The number of carbonyl (C=O) groups is 1. The molecule has 1 atom stereocenters. The predicted octanol–water partition coefficient (Wildman–Crippen LogP) is 2.96. The monoisotopic (exact) mass is 404 g/mol. The van der Waals surface area contributed by atoms with Crippen LogP contribution in [0.2, 0.25) is 0 Å². The second-order valence-electron chi connectivity index (χ2n) is 6.64. The van der Waals surface area contributed by atoms with Crippen LogP contribution in [-0.2, 0) is 10.5 Å². The van der Waals surface area contributed by atoms with Crippen LogP contribution in [0.15, 0.2) is 24.5 Å². The molecular formula is C17H26Cl2N4OS. The molecule has 8 heteroatoms. The molecule has 1 fully saturated rings. The molecule has 1 unspecified atom stereocenters. The maximum Gasteiger partial charge on any atom is 0.230 e. The molecule has 2 aromatic heterocycles. The van der Waals surface area contributed by atoms with Gasteiger partial charge in [-0.05, 0) is 44.2 Å². The average Bonchev–Trinajstić information content (AvgIpc) is 3.29. The van der Waals surface area contributed by atoms with Gasteiger partial charge in [0.15, 0.2) is 0 Å². The number of imidazole rings is 1. The molecule has 0 saturated heterocycles. The number of hydrogen-bond donors (Lipinski definition) is 2. The number of carbonyl (C=O) groups excluding carboxylic acids is 1. The van der Waals surface area contributed by atoms with Crippen molar-refractivity contribution in [2.75, 3.05) is 12.3 Å². The lowest BCUT2D eigenvalue weighted by Gasteiger charge is -2.29. The smallest absolute Gasteiger partial charge is 0.230 e. The summed E-state index contributed by atoms with van der Waals surface area (Å²) in [6.07, 6.45) is 6.43. The number of pyridine rings is 1. The van der Waals surface area contributed by atoms with Gasteiger partial charge in [-0.15, -0.1) is 36.6 Å². The molecule has 2 heterocycles. The number of rotatable bonds is 7. The number of fused-ring (bicyclic) bond motifs is 1. The number of nitrogens with zero attached hydrogens (tertiary/aromatic N) is 2.